The first-order valence-electron chi connectivity index (χ1n) is 14.7. The molecule has 0 saturated carbocycles. The number of carbonyl (C=O) groups is 2. The quantitative estimate of drug-likeness (QED) is 0.336. The maximum atomic E-state index is 14.5. The van der Waals surface area contributed by atoms with Gasteiger partial charge in [0.05, 0.1) is 31.3 Å². The molecule has 0 radical (unpaired) electrons. The van der Waals surface area contributed by atoms with E-state index in [-0.39, 0.29) is 36.4 Å². The van der Waals surface area contributed by atoms with Crippen LogP contribution in [0.15, 0.2) is 78.9 Å². The molecule has 5 rings (SSSR count). The number of carbonyl (C=O) groups excluding carboxylic acids is 2. The maximum absolute atomic E-state index is 14.5. The third-order valence-electron chi connectivity index (χ3n) is 8.73. The van der Waals surface area contributed by atoms with E-state index < -0.39 is 6.04 Å². The Morgan fingerprint density at radius 2 is 1.69 bits per heavy atom. The molecular formula is C35H41N3O4. The first-order valence-corrected chi connectivity index (χ1v) is 14.7. The fourth-order valence-corrected chi connectivity index (χ4v) is 6.10. The molecule has 42 heavy (non-hydrogen) atoms. The second-order valence-corrected chi connectivity index (χ2v) is 11.6. The summed E-state index contributed by atoms with van der Waals surface area (Å²) >= 11 is 0. The topological polar surface area (TPSA) is 75.0 Å². The molecule has 1 aliphatic heterocycles. The summed E-state index contributed by atoms with van der Waals surface area (Å²) in [5.41, 5.74) is 5.35. The molecule has 7 nitrogen and oxygen atoms in total. The number of aryl methyl sites for hydroxylation is 1. The zero-order chi connectivity index (χ0) is 30.0. The molecule has 3 aromatic carbocycles. The Hall–Kier alpha value is -3.94. The number of para-hydroxylation sites is 1. The minimum Gasteiger partial charge on any atom is -0.394 e. The number of fused-ring (bicyclic) bond motifs is 5. The number of hydrogen-bond donors (Lipinski definition) is 1. The van der Waals surface area contributed by atoms with E-state index in [0.29, 0.717) is 25.4 Å². The second-order valence-electron chi connectivity index (χ2n) is 11.6. The number of aromatic nitrogens is 1. The van der Waals surface area contributed by atoms with E-state index in [1.165, 1.54) is 0 Å². The zero-order valence-electron chi connectivity index (χ0n) is 25.2. The molecule has 0 unspecified atom stereocenters. The lowest BCUT2D eigenvalue weighted by molar-refractivity contribution is -0.134. The van der Waals surface area contributed by atoms with Crippen LogP contribution >= 0.6 is 0 Å². The maximum Gasteiger partial charge on any atom is 0.271 e. The summed E-state index contributed by atoms with van der Waals surface area (Å²) in [6.45, 7) is 6.79. The van der Waals surface area contributed by atoms with Gasteiger partial charge in [0.2, 0.25) is 5.91 Å². The SMILES string of the molecule is C[C@H](C(=O)N(C)C[C@@H]1OCc2ccccc2-c2c(n(C)c3ccccc23)C(=O)N([C@H](C)CO)C[C@@H]1C)c1ccccc1. The molecule has 0 spiro atoms. The van der Waals surface area contributed by atoms with Gasteiger partial charge in [-0.2, -0.15) is 0 Å². The standard InChI is InChI=1S/C35H41N3O4/c1-23-19-38(24(2)21-39)35(41)33-32(29-17-11-12-18-30(29)37(33)5)28-16-10-9-15-27(28)22-42-31(23)20-36(4)34(40)25(3)26-13-7-6-8-14-26/h6-18,23-25,31,39H,19-22H2,1-5H3/t23-,24+,25-,31-/m0/s1. The van der Waals surface area contributed by atoms with Gasteiger partial charge in [-0.25, -0.2) is 0 Å². The summed E-state index contributed by atoms with van der Waals surface area (Å²) in [6.07, 6.45) is -0.339. The Labute approximate surface area is 248 Å². The molecule has 220 valence electrons. The highest BCUT2D eigenvalue weighted by atomic mass is 16.5. The van der Waals surface area contributed by atoms with Crippen LogP contribution in [0.5, 0.6) is 0 Å². The Kier molecular flexibility index (Phi) is 8.80. The lowest BCUT2D eigenvalue weighted by Gasteiger charge is -2.35. The van der Waals surface area contributed by atoms with Crippen molar-refractivity contribution < 1.29 is 19.4 Å². The molecule has 0 bridgehead atoms. The Bertz CT molecular complexity index is 1560. The molecule has 7 heteroatoms. The number of benzene rings is 3. The van der Waals surface area contributed by atoms with Crippen LogP contribution in [-0.2, 0) is 23.2 Å². The van der Waals surface area contributed by atoms with E-state index in [1.807, 2.05) is 105 Å². The average Bonchev–Trinajstić information content (AvgIpc) is 3.31. The van der Waals surface area contributed by atoms with Gasteiger partial charge in [-0.15, -0.1) is 0 Å². The fraction of sp³-hybridized carbons (Fsp3) is 0.371. The van der Waals surface area contributed by atoms with Gasteiger partial charge in [0.15, 0.2) is 0 Å². The lowest BCUT2D eigenvalue weighted by atomic mass is 9.96. The third kappa shape index (κ3) is 5.59. The first kappa shape index (κ1) is 29.5. The number of rotatable bonds is 6. The molecule has 2 heterocycles. The molecule has 2 amide bonds. The summed E-state index contributed by atoms with van der Waals surface area (Å²) in [7, 11) is 3.75. The summed E-state index contributed by atoms with van der Waals surface area (Å²) in [4.78, 5) is 31.5. The second kappa shape index (κ2) is 12.5. The van der Waals surface area contributed by atoms with Gasteiger partial charge in [0.25, 0.3) is 5.91 Å². The van der Waals surface area contributed by atoms with Crippen molar-refractivity contribution in [1.29, 1.82) is 0 Å². The minimum atomic E-state index is -0.403. The van der Waals surface area contributed by atoms with Crippen LogP contribution in [-0.4, -0.2) is 70.2 Å². The predicted octanol–water partition coefficient (Wildman–Crippen LogP) is 5.47. The van der Waals surface area contributed by atoms with Crippen LogP contribution in [0.25, 0.3) is 22.0 Å². The number of aliphatic hydroxyl groups is 1. The van der Waals surface area contributed by atoms with Gasteiger partial charge in [-0.05, 0) is 36.6 Å². The first-order chi connectivity index (χ1) is 20.2. The Morgan fingerprint density at radius 1 is 1.02 bits per heavy atom. The van der Waals surface area contributed by atoms with Crippen LogP contribution in [0.2, 0.25) is 0 Å². The van der Waals surface area contributed by atoms with Gasteiger partial charge in [-0.3, -0.25) is 9.59 Å². The molecule has 4 atom stereocenters. The molecular weight excluding hydrogens is 526 g/mol. The number of hydrogen-bond acceptors (Lipinski definition) is 4. The van der Waals surface area contributed by atoms with Crippen LogP contribution in [0.4, 0.5) is 0 Å². The van der Waals surface area contributed by atoms with Gasteiger partial charge in [0, 0.05) is 49.6 Å². The van der Waals surface area contributed by atoms with Crippen molar-refractivity contribution in [2.75, 3.05) is 26.7 Å². The predicted molar refractivity (Wildman–Crippen MR) is 166 cm³/mol. The average molecular weight is 568 g/mol. The highest BCUT2D eigenvalue weighted by Crippen LogP contribution is 2.38. The van der Waals surface area contributed by atoms with Crippen molar-refractivity contribution in [3.8, 4) is 11.1 Å². The van der Waals surface area contributed by atoms with Crippen molar-refractivity contribution in [1.82, 2.24) is 14.4 Å². The van der Waals surface area contributed by atoms with Crippen LogP contribution in [0.3, 0.4) is 0 Å². The van der Waals surface area contributed by atoms with Gasteiger partial charge < -0.3 is 24.2 Å². The Morgan fingerprint density at radius 3 is 2.43 bits per heavy atom. The molecule has 0 fully saturated rings. The molecule has 0 aliphatic carbocycles. The van der Waals surface area contributed by atoms with Crippen molar-refractivity contribution in [2.45, 2.75) is 45.4 Å². The van der Waals surface area contributed by atoms with E-state index in [0.717, 1.165) is 33.2 Å². The third-order valence-corrected chi connectivity index (χ3v) is 8.73. The van der Waals surface area contributed by atoms with Crippen molar-refractivity contribution >= 4 is 22.7 Å². The zero-order valence-corrected chi connectivity index (χ0v) is 25.2. The van der Waals surface area contributed by atoms with Gasteiger partial charge >= 0.3 is 0 Å². The fourth-order valence-electron chi connectivity index (χ4n) is 6.10. The van der Waals surface area contributed by atoms with Gasteiger partial charge in [-0.1, -0.05) is 79.7 Å². The number of likely N-dealkylation sites (N-methyl/N-ethyl adjacent to an activating group) is 1. The van der Waals surface area contributed by atoms with Crippen LogP contribution < -0.4 is 0 Å². The van der Waals surface area contributed by atoms with E-state index in [4.69, 9.17) is 4.74 Å². The van der Waals surface area contributed by atoms with Crippen molar-refractivity contribution in [3.63, 3.8) is 0 Å². The summed E-state index contributed by atoms with van der Waals surface area (Å²) in [6, 6.07) is 25.5. The monoisotopic (exact) mass is 567 g/mol. The molecule has 1 N–H and O–H groups in total. The summed E-state index contributed by atoms with van der Waals surface area (Å²) < 4.78 is 8.62. The summed E-state index contributed by atoms with van der Waals surface area (Å²) in [5.74, 6) is -0.518. The molecule has 1 aliphatic rings. The largest absolute Gasteiger partial charge is 0.394 e. The molecule has 4 aromatic rings. The smallest absolute Gasteiger partial charge is 0.271 e. The highest BCUT2D eigenvalue weighted by Gasteiger charge is 2.34. The Balaban J connectivity index is 1.55. The van der Waals surface area contributed by atoms with E-state index in [9.17, 15) is 14.7 Å². The molecule has 1 aromatic heterocycles. The van der Waals surface area contributed by atoms with E-state index in [1.54, 1.807) is 9.80 Å². The normalized spacial score (nSPS) is 19.0. The lowest BCUT2D eigenvalue weighted by Crippen LogP contribution is -2.48. The van der Waals surface area contributed by atoms with Gasteiger partial charge in [0.1, 0.15) is 5.69 Å². The van der Waals surface area contributed by atoms with E-state index >= 15 is 0 Å². The number of ether oxygens (including phenoxy) is 1. The molecule has 0 saturated heterocycles. The minimum absolute atomic E-state index is 0.0160. The summed E-state index contributed by atoms with van der Waals surface area (Å²) in [5, 5.41) is 11.2. The number of aliphatic hydroxyl groups excluding tert-OH is 1. The van der Waals surface area contributed by atoms with Crippen molar-refractivity contribution in [2.24, 2.45) is 13.0 Å². The number of nitrogens with zero attached hydrogens (tertiary/aromatic N) is 3. The van der Waals surface area contributed by atoms with E-state index in [2.05, 4.69) is 13.0 Å². The van der Waals surface area contributed by atoms with Crippen molar-refractivity contribution in [3.05, 3.63) is 95.7 Å². The van der Waals surface area contributed by atoms with Crippen LogP contribution in [0, 0.1) is 5.92 Å². The van der Waals surface area contributed by atoms with Crippen LogP contribution in [0.1, 0.15) is 48.3 Å². The number of amides is 2. The highest BCUT2D eigenvalue weighted by molar-refractivity contribution is 6.10.